The van der Waals surface area contributed by atoms with Crippen LogP contribution in [0.4, 0.5) is 0 Å². The van der Waals surface area contributed by atoms with Crippen molar-refractivity contribution in [2.45, 2.75) is 53.1 Å². The lowest BCUT2D eigenvalue weighted by atomic mass is 10.1. The van der Waals surface area contributed by atoms with Crippen LogP contribution in [0.25, 0.3) is 11.0 Å². The lowest BCUT2D eigenvalue weighted by Gasteiger charge is -2.17. The van der Waals surface area contributed by atoms with Gasteiger partial charge in [-0.1, -0.05) is 36.9 Å². The molecular weight excluding hydrogens is 374 g/mol. The van der Waals surface area contributed by atoms with Crippen molar-refractivity contribution in [3.8, 4) is 5.75 Å². The molecule has 1 N–H and O–H groups in total. The van der Waals surface area contributed by atoms with Crippen molar-refractivity contribution in [1.29, 1.82) is 0 Å². The summed E-state index contributed by atoms with van der Waals surface area (Å²) in [6.07, 6.45) is 1.89. The molecule has 0 saturated carbocycles. The summed E-state index contributed by atoms with van der Waals surface area (Å²) in [6.45, 7) is 13.0. The van der Waals surface area contributed by atoms with Gasteiger partial charge in [0.25, 0.3) is 0 Å². The average Bonchev–Trinajstić information content (AvgIpc) is 3.08. The summed E-state index contributed by atoms with van der Waals surface area (Å²) in [6, 6.07) is 14.1. The molecule has 2 aromatic carbocycles. The van der Waals surface area contributed by atoms with E-state index in [0.717, 1.165) is 42.0 Å². The summed E-state index contributed by atoms with van der Waals surface area (Å²) in [4.78, 5) is 16.9. The van der Waals surface area contributed by atoms with Gasteiger partial charge in [0.05, 0.1) is 23.7 Å². The molecule has 3 aromatic rings. The van der Waals surface area contributed by atoms with E-state index in [1.165, 1.54) is 11.1 Å². The van der Waals surface area contributed by atoms with E-state index in [1.54, 1.807) is 6.92 Å². The number of amides is 1. The van der Waals surface area contributed by atoms with Gasteiger partial charge in [0.1, 0.15) is 11.6 Å². The fourth-order valence-corrected chi connectivity index (χ4v) is 3.62. The van der Waals surface area contributed by atoms with Crippen molar-refractivity contribution < 1.29 is 9.53 Å². The lowest BCUT2D eigenvalue weighted by molar-refractivity contribution is -0.118. The van der Waals surface area contributed by atoms with E-state index in [-0.39, 0.29) is 11.9 Å². The maximum absolute atomic E-state index is 12.1. The summed E-state index contributed by atoms with van der Waals surface area (Å²) in [5, 5.41) is 2.99. The molecule has 1 atom stereocenters. The van der Waals surface area contributed by atoms with Gasteiger partial charge in [0, 0.05) is 12.1 Å². The Morgan fingerprint density at radius 3 is 2.53 bits per heavy atom. The minimum atomic E-state index is -0.201. The Morgan fingerprint density at radius 2 is 1.83 bits per heavy atom. The highest BCUT2D eigenvalue weighted by atomic mass is 16.5. The van der Waals surface area contributed by atoms with Gasteiger partial charge in [0.2, 0.25) is 5.91 Å². The number of rotatable bonds is 9. The quantitative estimate of drug-likeness (QED) is 0.390. The van der Waals surface area contributed by atoms with E-state index in [1.807, 2.05) is 25.1 Å². The Bertz CT molecular complexity index is 1030. The number of aryl methyl sites for hydroxylation is 3. The number of benzene rings is 2. The molecule has 30 heavy (non-hydrogen) atoms. The zero-order valence-corrected chi connectivity index (χ0v) is 18.4. The molecule has 158 valence electrons. The van der Waals surface area contributed by atoms with Crippen molar-refractivity contribution in [2.75, 3.05) is 6.61 Å². The fourth-order valence-electron chi connectivity index (χ4n) is 3.62. The number of ether oxygens (including phenoxy) is 1. The van der Waals surface area contributed by atoms with Crippen LogP contribution < -0.4 is 10.1 Å². The van der Waals surface area contributed by atoms with Crippen LogP contribution in [0, 0.1) is 13.8 Å². The molecule has 0 saturated heterocycles. The summed E-state index contributed by atoms with van der Waals surface area (Å²) >= 11 is 0. The number of hydrogen-bond donors (Lipinski definition) is 1. The minimum Gasteiger partial charge on any atom is -0.493 e. The Hall–Kier alpha value is -3.08. The molecule has 0 spiro atoms. The molecule has 0 aliphatic heterocycles. The van der Waals surface area contributed by atoms with Crippen LogP contribution in [-0.2, 0) is 11.3 Å². The molecule has 0 aliphatic carbocycles. The number of nitrogens with zero attached hydrogens (tertiary/aromatic N) is 2. The molecule has 1 heterocycles. The maximum Gasteiger partial charge on any atom is 0.246 e. The molecule has 0 radical (unpaired) electrons. The molecule has 1 unspecified atom stereocenters. The van der Waals surface area contributed by atoms with Gasteiger partial charge in [-0.3, -0.25) is 4.79 Å². The number of hydrogen-bond acceptors (Lipinski definition) is 3. The van der Waals surface area contributed by atoms with E-state index < -0.39 is 0 Å². The van der Waals surface area contributed by atoms with Crippen molar-refractivity contribution in [2.24, 2.45) is 0 Å². The number of fused-ring (bicyclic) bond motifs is 1. The summed E-state index contributed by atoms with van der Waals surface area (Å²) in [5.41, 5.74) is 4.85. The van der Waals surface area contributed by atoms with Gasteiger partial charge >= 0.3 is 0 Å². The van der Waals surface area contributed by atoms with Crippen molar-refractivity contribution in [3.63, 3.8) is 0 Å². The van der Waals surface area contributed by atoms with E-state index >= 15 is 0 Å². The van der Waals surface area contributed by atoms with Gasteiger partial charge in [0.15, 0.2) is 0 Å². The number of para-hydroxylation sites is 3. The standard InChI is InChI=1S/C25H31N3O2/c1-17(2)25(29)26-20(5)24-27-21-13-6-7-14-22(21)28(24)15-8-9-16-30-23-18(3)11-10-12-19(23)4/h6-7,10-14,20H,1,8-9,15-16H2,2-5H3,(H,26,29). The number of aromatic nitrogens is 2. The molecule has 0 fully saturated rings. The van der Waals surface area contributed by atoms with Crippen LogP contribution in [0.5, 0.6) is 5.75 Å². The van der Waals surface area contributed by atoms with Crippen LogP contribution in [0.15, 0.2) is 54.6 Å². The van der Waals surface area contributed by atoms with Crippen LogP contribution in [-0.4, -0.2) is 22.1 Å². The lowest BCUT2D eigenvalue weighted by Crippen LogP contribution is -2.29. The summed E-state index contributed by atoms with van der Waals surface area (Å²) < 4.78 is 8.25. The smallest absolute Gasteiger partial charge is 0.246 e. The Balaban J connectivity index is 1.67. The number of nitrogens with one attached hydrogen (secondary N) is 1. The predicted octanol–water partition coefficient (Wildman–Crippen LogP) is 5.27. The third kappa shape index (κ3) is 4.90. The molecule has 5 nitrogen and oxygen atoms in total. The average molecular weight is 406 g/mol. The first-order chi connectivity index (χ1) is 14.4. The third-order valence-corrected chi connectivity index (χ3v) is 5.24. The van der Waals surface area contributed by atoms with Crippen LogP contribution in [0.2, 0.25) is 0 Å². The van der Waals surface area contributed by atoms with E-state index in [0.29, 0.717) is 12.2 Å². The van der Waals surface area contributed by atoms with E-state index in [4.69, 9.17) is 9.72 Å². The van der Waals surface area contributed by atoms with Gasteiger partial charge in [-0.15, -0.1) is 0 Å². The second kappa shape index (κ2) is 9.61. The Labute approximate surface area is 178 Å². The first-order valence-corrected chi connectivity index (χ1v) is 10.5. The van der Waals surface area contributed by atoms with E-state index in [9.17, 15) is 4.79 Å². The zero-order chi connectivity index (χ0) is 21.7. The molecule has 0 bridgehead atoms. The van der Waals surface area contributed by atoms with Gasteiger partial charge in [-0.05, 0) is 63.8 Å². The first kappa shape index (κ1) is 21.6. The van der Waals surface area contributed by atoms with Gasteiger partial charge in [-0.2, -0.15) is 0 Å². The fraction of sp³-hybridized carbons (Fsp3) is 0.360. The second-order valence-electron chi connectivity index (χ2n) is 7.86. The number of carbonyl (C=O) groups excluding carboxylic acids is 1. The minimum absolute atomic E-state index is 0.150. The normalized spacial score (nSPS) is 12.0. The SMILES string of the molecule is C=C(C)C(=O)NC(C)c1nc2ccccc2n1CCCCOc1c(C)cccc1C. The van der Waals surface area contributed by atoms with E-state index in [2.05, 4.69) is 54.6 Å². The maximum atomic E-state index is 12.1. The largest absolute Gasteiger partial charge is 0.493 e. The van der Waals surface area contributed by atoms with Gasteiger partial charge in [-0.25, -0.2) is 4.98 Å². The monoisotopic (exact) mass is 405 g/mol. The molecule has 1 amide bonds. The van der Waals surface area contributed by atoms with Crippen LogP contribution in [0.3, 0.4) is 0 Å². The zero-order valence-electron chi connectivity index (χ0n) is 18.4. The first-order valence-electron chi connectivity index (χ1n) is 10.5. The Morgan fingerprint density at radius 1 is 1.13 bits per heavy atom. The molecular formula is C25H31N3O2. The van der Waals surface area contributed by atoms with Crippen LogP contribution in [0.1, 0.15) is 49.7 Å². The summed E-state index contributed by atoms with van der Waals surface area (Å²) in [5.74, 6) is 1.70. The topological polar surface area (TPSA) is 56.2 Å². The number of unbranched alkanes of at least 4 members (excludes halogenated alkanes) is 1. The van der Waals surface area contributed by atoms with Crippen molar-refractivity contribution in [3.05, 3.63) is 71.6 Å². The summed E-state index contributed by atoms with van der Waals surface area (Å²) in [7, 11) is 0. The molecule has 1 aromatic heterocycles. The number of carbonyl (C=O) groups is 1. The molecule has 5 heteroatoms. The molecule has 0 aliphatic rings. The highest BCUT2D eigenvalue weighted by molar-refractivity contribution is 5.92. The second-order valence-corrected chi connectivity index (χ2v) is 7.86. The predicted molar refractivity (Wildman–Crippen MR) is 122 cm³/mol. The van der Waals surface area contributed by atoms with Gasteiger partial charge < -0.3 is 14.6 Å². The molecule has 3 rings (SSSR count). The third-order valence-electron chi connectivity index (χ3n) is 5.24. The highest BCUT2D eigenvalue weighted by Crippen LogP contribution is 2.24. The Kier molecular flexibility index (Phi) is 6.93. The number of imidazole rings is 1. The van der Waals surface area contributed by atoms with Crippen molar-refractivity contribution in [1.82, 2.24) is 14.9 Å². The van der Waals surface area contributed by atoms with Crippen LogP contribution >= 0.6 is 0 Å². The highest BCUT2D eigenvalue weighted by Gasteiger charge is 2.18. The van der Waals surface area contributed by atoms with Crippen molar-refractivity contribution >= 4 is 16.9 Å².